The van der Waals surface area contributed by atoms with Gasteiger partial charge in [0.1, 0.15) is 0 Å². The van der Waals surface area contributed by atoms with Gasteiger partial charge in [0, 0.05) is 25.3 Å². The molecule has 0 saturated carbocycles. The number of benzene rings is 1. The number of rotatable bonds is 4. The summed E-state index contributed by atoms with van der Waals surface area (Å²) in [5, 5.41) is 9.05. The quantitative estimate of drug-likeness (QED) is 0.899. The third-order valence-corrected chi connectivity index (χ3v) is 3.77. The van der Waals surface area contributed by atoms with E-state index in [-0.39, 0.29) is 12.5 Å². The largest absolute Gasteiger partial charge is 0.481 e. The minimum absolute atomic E-state index is 0.0590. The van der Waals surface area contributed by atoms with Gasteiger partial charge < -0.3 is 14.9 Å². The standard InChI is InChI=1S/C15H22N2O2/c1-3-12-4-6-13(7-5-12)17-9-8-16(2)11-14(17)10-15(18)19/h4-7,14H,3,8-11H2,1-2H3,(H,18,19). The monoisotopic (exact) mass is 262 g/mol. The number of carboxylic acid groups (broad SMARTS) is 1. The molecule has 1 unspecified atom stereocenters. The molecule has 0 bridgehead atoms. The lowest BCUT2D eigenvalue weighted by Gasteiger charge is -2.41. The van der Waals surface area contributed by atoms with E-state index in [0.29, 0.717) is 0 Å². The average Bonchev–Trinajstić information content (AvgIpc) is 2.38. The lowest BCUT2D eigenvalue weighted by Crippen LogP contribution is -2.52. The number of hydrogen-bond donors (Lipinski definition) is 1. The summed E-state index contributed by atoms with van der Waals surface area (Å²) in [5.74, 6) is -0.726. The molecular formula is C15H22N2O2. The summed E-state index contributed by atoms with van der Waals surface area (Å²) in [7, 11) is 2.05. The fraction of sp³-hybridized carbons (Fsp3) is 0.533. The average molecular weight is 262 g/mol. The number of anilines is 1. The molecule has 1 saturated heterocycles. The van der Waals surface area contributed by atoms with Gasteiger partial charge in [-0.3, -0.25) is 4.79 Å². The summed E-state index contributed by atoms with van der Waals surface area (Å²) >= 11 is 0. The summed E-state index contributed by atoms with van der Waals surface area (Å²) in [4.78, 5) is 15.4. The van der Waals surface area contributed by atoms with Gasteiger partial charge in [-0.1, -0.05) is 19.1 Å². The predicted molar refractivity (Wildman–Crippen MR) is 76.7 cm³/mol. The van der Waals surface area contributed by atoms with Gasteiger partial charge in [-0.25, -0.2) is 0 Å². The highest BCUT2D eigenvalue weighted by molar-refractivity contribution is 5.68. The van der Waals surface area contributed by atoms with Gasteiger partial charge in [0.05, 0.1) is 12.5 Å². The number of likely N-dealkylation sites (N-methyl/N-ethyl adjacent to an activating group) is 1. The van der Waals surface area contributed by atoms with Crippen LogP contribution in [0, 0.1) is 0 Å². The second-order valence-electron chi connectivity index (χ2n) is 5.23. The van der Waals surface area contributed by atoms with Crippen LogP contribution in [-0.2, 0) is 11.2 Å². The van der Waals surface area contributed by atoms with Crippen LogP contribution >= 0.6 is 0 Å². The number of carboxylic acids is 1. The molecule has 1 aliphatic rings. The summed E-state index contributed by atoms with van der Waals surface area (Å²) in [5.41, 5.74) is 2.45. The Balaban J connectivity index is 2.16. The van der Waals surface area contributed by atoms with Gasteiger partial charge in [-0.2, -0.15) is 0 Å². The lowest BCUT2D eigenvalue weighted by atomic mass is 10.1. The van der Waals surface area contributed by atoms with Crippen molar-refractivity contribution < 1.29 is 9.90 Å². The zero-order valence-electron chi connectivity index (χ0n) is 11.7. The second kappa shape index (κ2) is 6.06. The van der Waals surface area contributed by atoms with Crippen molar-refractivity contribution in [3.63, 3.8) is 0 Å². The Morgan fingerprint density at radius 1 is 1.32 bits per heavy atom. The smallest absolute Gasteiger partial charge is 0.305 e. The highest BCUT2D eigenvalue weighted by Gasteiger charge is 2.27. The first-order chi connectivity index (χ1) is 9.10. The van der Waals surface area contributed by atoms with Crippen molar-refractivity contribution in [3.8, 4) is 0 Å². The van der Waals surface area contributed by atoms with E-state index in [4.69, 9.17) is 5.11 Å². The Bertz CT molecular complexity index is 430. The third-order valence-electron chi connectivity index (χ3n) is 3.77. The molecule has 2 rings (SSSR count). The Kier molecular flexibility index (Phi) is 4.43. The number of aliphatic carboxylic acids is 1. The number of aryl methyl sites for hydroxylation is 1. The Morgan fingerprint density at radius 2 is 2.00 bits per heavy atom. The van der Waals surface area contributed by atoms with Crippen molar-refractivity contribution in [2.45, 2.75) is 25.8 Å². The molecule has 0 spiro atoms. The minimum atomic E-state index is -0.726. The van der Waals surface area contributed by atoms with Crippen LogP contribution in [-0.4, -0.2) is 48.7 Å². The number of carbonyl (C=O) groups is 1. The van der Waals surface area contributed by atoms with E-state index in [1.54, 1.807) is 0 Å². The maximum Gasteiger partial charge on any atom is 0.305 e. The minimum Gasteiger partial charge on any atom is -0.481 e. The SMILES string of the molecule is CCc1ccc(N2CCN(C)CC2CC(=O)O)cc1. The molecule has 0 radical (unpaired) electrons. The van der Waals surface area contributed by atoms with Gasteiger partial charge >= 0.3 is 5.97 Å². The molecule has 4 heteroatoms. The van der Waals surface area contributed by atoms with Crippen LogP contribution in [0.15, 0.2) is 24.3 Å². The van der Waals surface area contributed by atoms with Crippen molar-refractivity contribution in [3.05, 3.63) is 29.8 Å². The highest BCUT2D eigenvalue weighted by atomic mass is 16.4. The van der Waals surface area contributed by atoms with E-state index in [2.05, 4.69) is 41.0 Å². The van der Waals surface area contributed by atoms with Gasteiger partial charge in [-0.05, 0) is 31.2 Å². The Hall–Kier alpha value is -1.55. The summed E-state index contributed by atoms with van der Waals surface area (Å²) < 4.78 is 0. The molecule has 4 nitrogen and oxygen atoms in total. The molecular weight excluding hydrogens is 240 g/mol. The molecule has 0 aliphatic carbocycles. The van der Waals surface area contributed by atoms with E-state index in [1.807, 2.05) is 7.05 Å². The topological polar surface area (TPSA) is 43.8 Å². The third kappa shape index (κ3) is 3.47. The van der Waals surface area contributed by atoms with Crippen molar-refractivity contribution in [1.82, 2.24) is 4.90 Å². The lowest BCUT2D eigenvalue weighted by molar-refractivity contribution is -0.137. The van der Waals surface area contributed by atoms with Crippen molar-refractivity contribution in [1.29, 1.82) is 0 Å². The van der Waals surface area contributed by atoms with E-state index in [9.17, 15) is 4.79 Å². The summed E-state index contributed by atoms with van der Waals surface area (Å²) in [6.45, 7) is 4.81. The first-order valence-electron chi connectivity index (χ1n) is 6.86. The number of nitrogens with zero attached hydrogens (tertiary/aromatic N) is 2. The molecule has 104 valence electrons. The Labute approximate surface area is 114 Å². The fourth-order valence-corrected chi connectivity index (χ4v) is 2.65. The maximum absolute atomic E-state index is 11.0. The van der Waals surface area contributed by atoms with E-state index >= 15 is 0 Å². The molecule has 0 amide bonds. The molecule has 1 fully saturated rings. The normalized spacial score (nSPS) is 20.5. The van der Waals surface area contributed by atoms with E-state index in [0.717, 1.165) is 31.7 Å². The fourth-order valence-electron chi connectivity index (χ4n) is 2.65. The number of piperazine rings is 1. The zero-order chi connectivity index (χ0) is 13.8. The van der Waals surface area contributed by atoms with Crippen LogP contribution in [0.2, 0.25) is 0 Å². The maximum atomic E-state index is 11.0. The van der Waals surface area contributed by atoms with Crippen molar-refractivity contribution >= 4 is 11.7 Å². The molecule has 1 aromatic rings. The van der Waals surface area contributed by atoms with Crippen LogP contribution in [0.4, 0.5) is 5.69 Å². The van der Waals surface area contributed by atoms with Crippen LogP contribution in [0.5, 0.6) is 0 Å². The van der Waals surface area contributed by atoms with Gasteiger partial charge in [0.15, 0.2) is 0 Å². The van der Waals surface area contributed by atoms with E-state index in [1.165, 1.54) is 5.56 Å². The first kappa shape index (κ1) is 13.9. The molecule has 1 aliphatic heterocycles. The predicted octanol–water partition coefficient (Wildman–Crippen LogP) is 1.84. The van der Waals surface area contributed by atoms with E-state index < -0.39 is 5.97 Å². The molecule has 1 N–H and O–H groups in total. The second-order valence-corrected chi connectivity index (χ2v) is 5.23. The molecule has 1 atom stereocenters. The molecule has 0 aromatic heterocycles. The molecule has 19 heavy (non-hydrogen) atoms. The number of hydrogen-bond acceptors (Lipinski definition) is 3. The van der Waals surface area contributed by atoms with Gasteiger partial charge in [0.2, 0.25) is 0 Å². The van der Waals surface area contributed by atoms with Gasteiger partial charge in [0.25, 0.3) is 0 Å². The first-order valence-corrected chi connectivity index (χ1v) is 6.86. The van der Waals surface area contributed by atoms with Gasteiger partial charge in [-0.15, -0.1) is 0 Å². The van der Waals surface area contributed by atoms with Crippen LogP contribution in [0.3, 0.4) is 0 Å². The van der Waals surface area contributed by atoms with Crippen LogP contribution in [0.1, 0.15) is 18.9 Å². The Morgan fingerprint density at radius 3 is 2.58 bits per heavy atom. The molecule has 1 heterocycles. The zero-order valence-corrected chi connectivity index (χ0v) is 11.7. The van der Waals surface area contributed by atoms with Crippen molar-refractivity contribution in [2.24, 2.45) is 0 Å². The summed E-state index contributed by atoms with van der Waals surface area (Å²) in [6.07, 6.45) is 1.22. The van der Waals surface area contributed by atoms with Crippen molar-refractivity contribution in [2.75, 3.05) is 31.6 Å². The molecule has 1 aromatic carbocycles. The van der Waals surface area contributed by atoms with Crippen LogP contribution < -0.4 is 4.90 Å². The summed E-state index contributed by atoms with van der Waals surface area (Å²) in [6, 6.07) is 8.54. The van der Waals surface area contributed by atoms with Crippen LogP contribution in [0.25, 0.3) is 0 Å². The highest BCUT2D eigenvalue weighted by Crippen LogP contribution is 2.22.